The molecule has 0 radical (unpaired) electrons. The van der Waals surface area contributed by atoms with Gasteiger partial charge in [0.2, 0.25) is 0 Å². The number of hydrogen-bond acceptors (Lipinski definition) is 3. The second kappa shape index (κ2) is 4.80. The fraction of sp³-hybridized carbons (Fsp3) is 0.750. The zero-order chi connectivity index (χ0) is 11.7. The molecule has 1 fully saturated rings. The number of aromatic nitrogens is 2. The smallest absolute Gasteiger partial charge is 0.0644 e. The van der Waals surface area contributed by atoms with E-state index < -0.39 is 0 Å². The van der Waals surface area contributed by atoms with E-state index in [1.807, 2.05) is 18.7 Å². The quantitative estimate of drug-likeness (QED) is 0.862. The minimum Gasteiger partial charge on any atom is -0.324 e. The highest BCUT2D eigenvalue weighted by molar-refractivity contribution is 7.99. The summed E-state index contributed by atoms with van der Waals surface area (Å²) in [5, 5.41) is 4.68. The molecule has 2 N–H and O–H groups in total. The first-order chi connectivity index (χ1) is 7.61. The topological polar surface area (TPSA) is 43.8 Å². The van der Waals surface area contributed by atoms with E-state index in [0.717, 1.165) is 5.69 Å². The van der Waals surface area contributed by atoms with Gasteiger partial charge in [-0.1, -0.05) is 0 Å². The average molecular weight is 239 g/mol. The van der Waals surface area contributed by atoms with Gasteiger partial charge in [-0.2, -0.15) is 16.9 Å². The van der Waals surface area contributed by atoms with Crippen molar-refractivity contribution >= 4 is 11.8 Å². The van der Waals surface area contributed by atoms with Crippen LogP contribution in [0.3, 0.4) is 0 Å². The van der Waals surface area contributed by atoms with E-state index in [2.05, 4.69) is 23.6 Å². The maximum atomic E-state index is 6.00. The van der Waals surface area contributed by atoms with E-state index >= 15 is 0 Å². The maximum Gasteiger partial charge on any atom is 0.0644 e. The molecule has 0 saturated carbocycles. The summed E-state index contributed by atoms with van der Waals surface area (Å²) in [5.74, 6) is 2.50. The number of nitrogens with zero attached hydrogens (tertiary/aromatic N) is 2. The molecule has 90 valence electrons. The van der Waals surface area contributed by atoms with E-state index in [1.165, 1.54) is 35.6 Å². The summed E-state index contributed by atoms with van der Waals surface area (Å²) >= 11 is 2.04. The van der Waals surface area contributed by atoms with Gasteiger partial charge in [0.05, 0.1) is 11.7 Å². The van der Waals surface area contributed by atoms with Crippen molar-refractivity contribution in [3.8, 4) is 0 Å². The Bertz CT molecular complexity index is 365. The van der Waals surface area contributed by atoms with Crippen molar-refractivity contribution in [1.82, 2.24) is 9.78 Å². The van der Waals surface area contributed by atoms with Crippen LogP contribution in [0.15, 0.2) is 0 Å². The van der Waals surface area contributed by atoms with Crippen molar-refractivity contribution in [2.45, 2.75) is 45.7 Å². The molecule has 2 unspecified atom stereocenters. The fourth-order valence-electron chi connectivity index (χ4n) is 2.61. The maximum absolute atomic E-state index is 6.00. The van der Waals surface area contributed by atoms with Crippen LogP contribution < -0.4 is 5.73 Å². The van der Waals surface area contributed by atoms with Crippen molar-refractivity contribution in [1.29, 1.82) is 0 Å². The molecule has 1 aliphatic rings. The Morgan fingerprint density at radius 1 is 1.50 bits per heavy atom. The molecule has 3 nitrogen and oxygen atoms in total. The van der Waals surface area contributed by atoms with Crippen molar-refractivity contribution < 1.29 is 0 Å². The lowest BCUT2D eigenvalue weighted by atomic mass is 10.1. The Balaban J connectivity index is 2.30. The predicted octanol–water partition coefficient (Wildman–Crippen LogP) is 2.59. The van der Waals surface area contributed by atoms with Gasteiger partial charge in [-0.3, -0.25) is 4.68 Å². The molecule has 1 aromatic rings. The fourth-order valence-corrected chi connectivity index (χ4v) is 3.72. The van der Waals surface area contributed by atoms with Crippen LogP contribution in [0, 0.1) is 13.8 Å². The molecule has 0 aliphatic carbocycles. The Morgan fingerprint density at radius 2 is 2.25 bits per heavy atom. The van der Waals surface area contributed by atoms with Gasteiger partial charge in [-0.25, -0.2) is 0 Å². The Hall–Kier alpha value is -0.480. The minimum absolute atomic E-state index is 0.0880. The largest absolute Gasteiger partial charge is 0.324 e. The average Bonchev–Trinajstić information content (AvgIpc) is 2.55. The Labute approximate surface area is 102 Å². The summed E-state index contributed by atoms with van der Waals surface area (Å²) < 4.78 is 2.21. The van der Waals surface area contributed by atoms with Crippen LogP contribution in [0.25, 0.3) is 0 Å². The molecule has 2 atom stereocenters. The summed E-state index contributed by atoms with van der Waals surface area (Å²) in [6.45, 7) is 6.26. The monoisotopic (exact) mass is 239 g/mol. The molecule has 2 rings (SSSR count). The van der Waals surface area contributed by atoms with E-state index in [0.29, 0.717) is 6.04 Å². The number of nitrogens with two attached hydrogens (primary N) is 1. The molecule has 2 heterocycles. The first-order valence-electron chi connectivity index (χ1n) is 6.00. The number of aryl methyl sites for hydroxylation is 1. The van der Waals surface area contributed by atoms with E-state index in [-0.39, 0.29) is 6.04 Å². The molecule has 16 heavy (non-hydrogen) atoms. The molecule has 1 aromatic heterocycles. The highest BCUT2D eigenvalue weighted by Gasteiger charge is 2.22. The number of rotatable bonds is 2. The minimum atomic E-state index is 0.0880. The zero-order valence-corrected chi connectivity index (χ0v) is 11.2. The third-order valence-corrected chi connectivity index (χ3v) is 4.52. The van der Waals surface area contributed by atoms with Gasteiger partial charge in [-0.15, -0.1) is 0 Å². The molecule has 0 spiro atoms. The number of hydrogen-bond donors (Lipinski definition) is 1. The van der Waals surface area contributed by atoms with Crippen LogP contribution in [0.2, 0.25) is 0 Å². The standard InChI is InChI=1S/C12H21N3S/c1-8(13)12-9(2)14-15(10(12)3)11-5-4-6-16-7-11/h8,11H,4-7,13H2,1-3H3. The highest BCUT2D eigenvalue weighted by Crippen LogP contribution is 2.30. The third kappa shape index (κ3) is 2.13. The molecule has 0 bridgehead atoms. The van der Waals surface area contributed by atoms with Crippen molar-refractivity contribution in [3.63, 3.8) is 0 Å². The second-order valence-corrected chi connectivity index (χ2v) is 5.84. The lowest BCUT2D eigenvalue weighted by Crippen LogP contribution is -2.19. The zero-order valence-electron chi connectivity index (χ0n) is 10.4. The number of thioether (sulfide) groups is 1. The van der Waals surface area contributed by atoms with Gasteiger partial charge < -0.3 is 5.73 Å². The van der Waals surface area contributed by atoms with Crippen LogP contribution in [0.5, 0.6) is 0 Å². The SMILES string of the molecule is Cc1nn(C2CCCSC2)c(C)c1C(C)N. The molecular formula is C12H21N3S. The van der Waals surface area contributed by atoms with Gasteiger partial charge in [0.15, 0.2) is 0 Å². The van der Waals surface area contributed by atoms with Gasteiger partial charge in [-0.05, 0) is 39.4 Å². The lowest BCUT2D eigenvalue weighted by Gasteiger charge is -2.23. The van der Waals surface area contributed by atoms with Crippen LogP contribution in [0.1, 0.15) is 48.8 Å². The normalized spacial score (nSPS) is 23.4. The van der Waals surface area contributed by atoms with E-state index in [9.17, 15) is 0 Å². The first-order valence-corrected chi connectivity index (χ1v) is 7.15. The third-order valence-electron chi connectivity index (χ3n) is 3.32. The molecule has 4 heteroatoms. The van der Waals surface area contributed by atoms with Crippen molar-refractivity contribution in [3.05, 3.63) is 17.0 Å². The first kappa shape index (κ1) is 12.0. The van der Waals surface area contributed by atoms with Crippen molar-refractivity contribution in [2.24, 2.45) is 5.73 Å². The van der Waals surface area contributed by atoms with Crippen LogP contribution in [-0.2, 0) is 0 Å². The summed E-state index contributed by atoms with van der Waals surface area (Å²) in [7, 11) is 0. The summed E-state index contributed by atoms with van der Waals surface area (Å²) in [4.78, 5) is 0. The summed E-state index contributed by atoms with van der Waals surface area (Å²) in [6.07, 6.45) is 2.56. The van der Waals surface area contributed by atoms with Gasteiger partial charge in [0, 0.05) is 23.1 Å². The van der Waals surface area contributed by atoms with Crippen LogP contribution >= 0.6 is 11.8 Å². The highest BCUT2D eigenvalue weighted by atomic mass is 32.2. The molecule has 1 saturated heterocycles. The van der Waals surface area contributed by atoms with Gasteiger partial charge >= 0.3 is 0 Å². The Kier molecular flexibility index (Phi) is 3.60. The summed E-state index contributed by atoms with van der Waals surface area (Å²) in [6, 6.07) is 0.662. The molecule has 0 amide bonds. The van der Waals surface area contributed by atoms with Gasteiger partial charge in [0.1, 0.15) is 0 Å². The van der Waals surface area contributed by atoms with E-state index in [4.69, 9.17) is 5.73 Å². The van der Waals surface area contributed by atoms with Gasteiger partial charge in [0.25, 0.3) is 0 Å². The van der Waals surface area contributed by atoms with Crippen LogP contribution in [-0.4, -0.2) is 21.3 Å². The molecular weight excluding hydrogens is 218 g/mol. The van der Waals surface area contributed by atoms with E-state index in [1.54, 1.807) is 0 Å². The van der Waals surface area contributed by atoms with Crippen LogP contribution in [0.4, 0.5) is 0 Å². The molecule has 0 aromatic carbocycles. The Morgan fingerprint density at radius 3 is 2.75 bits per heavy atom. The lowest BCUT2D eigenvalue weighted by molar-refractivity contribution is 0.443. The van der Waals surface area contributed by atoms with Crippen molar-refractivity contribution in [2.75, 3.05) is 11.5 Å². The summed E-state index contributed by atoms with van der Waals surface area (Å²) in [5.41, 5.74) is 9.60. The predicted molar refractivity (Wildman–Crippen MR) is 69.9 cm³/mol. The second-order valence-electron chi connectivity index (χ2n) is 4.69. The molecule has 1 aliphatic heterocycles.